The van der Waals surface area contributed by atoms with Gasteiger partial charge in [-0.25, -0.2) is 0 Å². The summed E-state index contributed by atoms with van der Waals surface area (Å²) in [5, 5.41) is 8.95. The van der Waals surface area contributed by atoms with Gasteiger partial charge in [0, 0.05) is 5.56 Å². The molecule has 0 aromatic heterocycles. The van der Waals surface area contributed by atoms with Crippen molar-refractivity contribution in [3.8, 4) is 5.75 Å². The molecule has 0 unspecified atom stereocenters. The Bertz CT molecular complexity index is 277. The molecule has 1 aromatic rings. The number of benzene rings is 1. The van der Waals surface area contributed by atoms with Gasteiger partial charge in [0.05, 0.1) is 4.83 Å². The second kappa shape index (κ2) is 3.72. The molecular formula is C9H9BrO2. The highest BCUT2D eigenvalue weighted by Gasteiger charge is 2.10. The Morgan fingerprint density at radius 2 is 1.92 bits per heavy atom. The molecule has 0 aliphatic heterocycles. The SMILES string of the molecule is C[C@@H](Br)C(=O)c1ccc(O)cc1. The van der Waals surface area contributed by atoms with Gasteiger partial charge in [0.25, 0.3) is 0 Å². The maximum absolute atomic E-state index is 11.3. The van der Waals surface area contributed by atoms with Gasteiger partial charge in [0.15, 0.2) is 5.78 Å². The number of hydrogen-bond acceptors (Lipinski definition) is 2. The van der Waals surface area contributed by atoms with Crippen LogP contribution in [0.2, 0.25) is 0 Å². The van der Waals surface area contributed by atoms with E-state index in [-0.39, 0.29) is 16.4 Å². The first-order valence-corrected chi connectivity index (χ1v) is 4.50. The molecule has 0 bridgehead atoms. The number of aromatic hydroxyl groups is 1. The zero-order valence-electron chi connectivity index (χ0n) is 6.62. The zero-order valence-corrected chi connectivity index (χ0v) is 8.21. The van der Waals surface area contributed by atoms with Gasteiger partial charge in [-0.15, -0.1) is 0 Å². The Morgan fingerprint density at radius 1 is 1.42 bits per heavy atom. The van der Waals surface area contributed by atoms with E-state index in [4.69, 9.17) is 5.11 Å². The van der Waals surface area contributed by atoms with Crippen molar-refractivity contribution in [2.45, 2.75) is 11.8 Å². The van der Waals surface area contributed by atoms with E-state index in [0.717, 1.165) is 0 Å². The van der Waals surface area contributed by atoms with Crippen LogP contribution < -0.4 is 0 Å². The molecule has 3 heteroatoms. The Balaban J connectivity index is 2.90. The monoisotopic (exact) mass is 228 g/mol. The third-order valence-corrected chi connectivity index (χ3v) is 1.93. The Hall–Kier alpha value is -0.830. The first-order valence-electron chi connectivity index (χ1n) is 3.58. The van der Waals surface area contributed by atoms with Crippen LogP contribution in [0.1, 0.15) is 17.3 Å². The second-order valence-corrected chi connectivity index (χ2v) is 3.90. The second-order valence-electron chi connectivity index (χ2n) is 2.53. The zero-order chi connectivity index (χ0) is 9.14. The van der Waals surface area contributed by atoms with Crippen molar-refractivity contribution in [1.29, 1.82) is 0 Å². The molecule has 1 atom stereocenters. The summed E-state index contributed by atoms with van der Waals surface area (Å²) < 4.78 is 0. The van der Waals surface area contributed by atoms with Gasteiger partial charge in [-0.05, 0) is 31.2 Å². The van der Waals surface area contributed by atoms with Crippen LogP contribution in [0.3, 0.4) is 0 Å². The van der Waals surface area contributed by atoms with Gasteiger partial charge in [-0.2, -0.15) is 0 Å². The first-order chi connectivity index (χ1) is 5.61. The Morgan fingerprint density at radius 3 is 2.33 bits per heavy atom. The normalized spacial score (nSPS) is 12.5. The molecular weight excluding hydrogens is 220 g/mol. The number of carbonyl (C=O) groups excluding carboxylic acids is 1. The van der Waals surface area contributed by atoms with E-state index in [9.17, 15) is 4.79 Å². The van der Waals surface area contributed by atoms with E-state index < -0.39 is 0 Å². The standard InChI is InChI=1S/C9H9BrO2/c1-6(10)9(12)7-2-4-8(11)5-3-7/h2-6,11H,1H3/t6-/m1/s1. The highest BCUT2D eigenvalue weighted by molar-refractivity contribution is 9.10. The highest BCUT2D eigenvalue weighted by atomic mass is 79.9. The quantitative estimate of drug-likeness (QED) is 0.624. The predicted molar refractivity (Wildman–Crippen MR) is 50.8 cm³/mol. The van der Waals surface area contributed by atoms with E-state index in [0.29, 0.717) is 5.56 Å². The van der Waals surface area contributed by atoms with Crippen LogP contribution in [0, 0.1) is 0 Å². The smallest absolute Gasteiger partial charge is 0.176 e. The molecule has 0 saturated heterocycles. The lowest BCUT2D eigenvalue weighted by atomic mass is 10.1. The van der Waals surface area contributed by atoms with Crippen LogP contribution in [0.15, 0.2) is 24.3 Å². The Labute approximate surface area is 79.3 Å². The van der Waals surface area contributed by atoms with Gasteiger partial charge in [0.1, 0.15) is 5.75 Å². The number of Topliss-reactive ketones (excluding diaryl/α,β-unsaturated/α-hetero) is 1. The fraction of sp³-hybridized carbons (Fsp3) is 0.222. The lowest BCUT2D eigenvalue weighted by Gasteiger charge is -2.01. The average molecular weight is 229 g/mol. The number of ketones is 1. The molecule has 0 saturated carbocycles. The molecule has 0 heterocycles. The first kappa shape index (κ1) is 9.26. The van der Waals surface area contributed by atoms with E-state index >= 15 is 0 Å². The van der Waals surface area contributed by atoms with Gasteiger partial charge in [0.2, 0.25) is 0 Å². The molecule has 0 fully saturated rings. The predicted octanol–water partition coefficient (Wildman–Crippen LogP) is 2.36. The summed E-state index contributed by atoms with van der Waals surface area (Å²) in [4.78, 5) is 11.1. The van der Waals surface area contributed by atoms with Crippen molar-refractivity contribution in [3.05, 3.63) is 29.8 Å². The Kier molecular flexibility index (Phi) is 2.87. The molecule has 12 heavy (non-hydrogen) atoms. The fourth-order valence-corrected chi connectivity index (χ4v) is 1.12. The number of alkyl halides is 1. The van der Waals surface area contributed by atoms with Gasteiger partial charge < -0.3 is 5.11 Å². The van der Waals surface area contributed by atoms with Crippen molar-refractivity contribution in [3.63, 3.8) is 0 Å². The van der Waals surface area contributed by atoms with Crippen LogP contribution in [-0.2, 0) is 0 Å². The third kappa shape index (κ3) is 2.08. The summed E-state index contributed by atoms with van der Waals surface area (Å²) in [6.45, 7) is 1.77. The van der Waals surface area contributed by atoms with Crippen molar-refractivity contribution < 1.29 is 9.90 Å². The number of rotatable bonds is 2. The summed E-state index contributed by atoms with van der Waals surface area (Å²) in [6, 6.07) is 6.22. The lowest BCUT2D eigenvalue weighted by molar-refractivity contribution is 0.0996. The number of hydrogen-bond donors (Lipinski definition) is 1. The van der Waals surface area contributed by atoms with Crippen LogP contribution in [-0.4, -0.2) is 15.7 Å². The van der Waals surface area contributed by atoms with E-state index in [1.165, 1.54) is 12.1 Å². The van der Waals surface area contributed by atoms with E-state index in [1.807, 2.05) is 0 Å². The molecule has 0 aliphatic rings. The number of phenolic OH excluding ortho intramolecular Hbond substituents is 1. The van der Waals surface area contributed by atoms with E-state index in [1.54, 1.807) is 19.1 Å². The molecule has 1 N–H and O–H groups in total. The maximum Gasteiger partial charge on any atom is 0.176 e. The topological polar surface area (TPSA) is 37.3 Å². The van der Waals surface area contributed by atoms with Crippen molar-refractivity contribution in [2.24, 2.45) is 0 Å². The van der Waals surface area contributed by atoms with Crippen LogP contribution in [0.25, 0.3) is 0 Å². The molecule has 0 radical (unpaired) electrons. The van der Waals surface area contributed by atoms with Gasteiger partial charge in [-0.3, -0.25) is 4.79 Å². The summed E-state index contributed by atoms with van der Waals surface area (Å²) in [5.74, 6) is 0.198. The molecule has 0 spiro atoms. The third-order valence-electron chi connectivity index (χ3n) is 1.51. The van der Waals surface area contributed by atoms with Gasteiger partial charge in [-0.1, -0.05) is 15.9 Å². The summed E-state index contributed by atoms with van der Waals surface area (Å²) in [7, 11) is 0. The molecule has 2 nitrogen and oxygen atoms in total. The van der Waals surface area contributed by atoms with Crippen LogP contribution in [0.5, 0.6) is 5.75 Å². The highest BCUT2D eigenvalue weighted by Crippen LogP contribution is 2.13. The minimum absolute atomic E-state index is 0.0231. The van der Waals surface area contributed by atoms with E-state index in [2.05, 4.69) is 15.9 Å². The molecule has 0 aliphatic carbocycles. The fourth-order valence-electron chi connectivity index (χ4n) is 0.855. The summed E-state index contributed by atoms with van der Waals surface area (Å²) in [5.41, 5.74) is 0.608. The number of halogens is 1. The summed E-state index contributed by atoms with van der Waals surface area (Å²) >= 11 is 3.18. The molecule has 0 amide bonds. The van der Waals surface area contributed by atoms with Crippen LogP contribution in [0.4, 0.5) is 0 Å². The largest absolute Gasteiger partial charge is 0.508 e. The minimum atomic E-state index is -0.179. The number of carbonyl (C=O) groups is 1. The van der Waals surface area contributed by atoms with Crippen LogP contribution >= 0.6 is 15.9 Å². The minimum Gasteiger partial charge on any atom is -0.508 e. The summed E-state index contributed by atoms with van der Waals surface area (Å²) in [6.07, 6.45) is 0. The van der Waals surface area contributed by atoms with Gasteiger partial charge >= 0.3 is 0 Å². The molecule has 1 aromatic carbocycles. The molecule has 1 rings (SSSR count). The van der Waals surface area contributed by atoms with Crippen molar-refractivity contribution >= 4 is 21.7 Å². The van der Waals surface area contributed by atoms with Crippen molar-refractivity contribution in [1.82, 2.24) is 0 Å². The maximum atomic E-state index is 11.3. The van der Waals surface area contributed by atoms with Crippen molar-refractivity contribution in [2.75, 3.05) is 0 Å². The molecule has 64 valence electrons. The lowest BCUT2D eigenvalue weighted by Crippen LogP contribution is -2.09. The number of phenols is 1. The average Bonchev–Trinajstić information content (AvgIpc) is 2.04.